The number of hydrogen-bond acceptors (Lipinski definition) is 6. The number of carbonyl (C=O) groups excluding carboxylic acids is 3. The predicted octanol–water partition coefficient (Wildman–Crippen LogP) is -0.116. The topological polar surface area (TPSA) is 138 Å². The van der Waals surface area contributed by atoms with Gasteiger partial charge in [0.15, 0.2) is 0 Å². The molecule has 0 spiro atoms. The Morgan fingerprint density at radius 1 is 0.968 bits per heavy atom. The third kappa shape index (κ3) is 7.46. The first-order valence-electron chi connectivity index (χ1n) is 9.43. The van der Waals surface area contributed by atoms with Crippen LogP contribution in [0.3, 0.4) is 0 Å². The highest BCUT2D eigenvalue weighted by molar-refractivity contribution is 7.89. The second-order valence-electron chi connectivity index (χ2n) is 6.73. The van der Waals surface area contributed by atoms with Crippen molar-refractivity contribution in [1.29, 1.82) is 0 Å². The van der Waals surface area contributed by atoms with Crippen LogP contribution in [0.5, 0.6) is 0 Å². The Kier molecular flexibility index (Phi) is 8.64. The van der Waals surface area contributed by atoms with Crippen molar-refractivity contribution in [1.82, 2.24) is 25.2 Å². The maximum atomic E-state index is 12.2. The van der Waals surface area contributed by atoms with E-state index in [-0.39, 0.29) is 35.9 Å². The summed E-state index contributed by atoms with van der Waals surface area (Å²) < 4.78 is 25.4. The molecule has 0 bridgehead atoms. The molecule has 0 saturated carbocycles. The highest BCUT2D eigenvalue weighted by Crippen LogP contribution is 2.14. The standard InChI is InChI=1S/C20H25N5O5S/c1-25(2)31(29,30)17-5-3-4-16(12-17)20(28)24-14-19(27)22-11-8-18(26)23-13-15-6-9-21-10-7-15/h3-7,9-10,12H,8,11,13-14H2,1-2H3,(H,22,27)(H,23,26)(H,24,28). The molecule has 3 amide bonds. The van der Waals surface area contributed by atoms with Gasteiger partial charge >= 0.3 is 0 Å². The number of sulfonamides is 1. The molecular formula is C20H25N5O5S. The van der Waals surface area contributed by atoms with Gasteiger partial charge in [0, 0.05) is 51.6 Å². The minimum atomic E-state index is -3.67. The number of aromatic nitrogens is 1. The summed E-state index contributed by atoms with van der Waals surface area (Å²) in [6, 6.07) is 9.12. The lowest BCUT2D eigenvalue weighted by Crippen LogP contribution is -2.38. The van der Waals surface area contributed by atoms with Gasteiger partial charge in [-0.15, -0.1) is 0 Å². The van der Waals surface area contributed by atoms with Crippen LogP contribution in [0, 0.1) is 0 Å². The molecule has 0 aliphatic rings. The molecule has 1 aromatic heterocycles. The van der Waals surface area contributed by atoms with E-state index in [2.05, 4.69) is 20.9 Å². The number of benzene rings is 1. The van der Waals surface area contributed by atoms with Gasteiger partial charge in [-0.05, 0) is 35.9 Å². The van der Waals surface area contributed by atoms with Crippen molar-refractivity contribution in [2.75, 3.05) is 27.2 Å². The number of pyridine rings is 1. The lowest BCUT2D eigenvalue weighted by molar-refractivity contribution is -0.122. The van der Waals surface area contributed by atoms with Gasteiger partial charge in [-0.2, -0.15) is 0 Å². The molecule has 1 heterocycles. The maximum absolute atomic E-state index is 12.2. The average Bonchev–Trinajstić information content (AvgIpc) is 2.76. The Morgan fingerprint density at radius 3 is 2.35 bits per heavy atom. The quantitative estimate of drug-likeness (QED) is 0.465. The molecule has 31 heavy (non-hydrogen) atoms. The second-order valence-corrected chi connectivity index (χ2v) is 8.88. The molecular weight excluding hydrogens is 422 g/mol. The van der Waals surface area contributed by atoms with Crippen LogP contribution in [0.25, 0.3) is 0 Å². The van der Waals surface area contributed by atoms with E-state index in [1.165, 1.54) is 38.4 Å². The van der Waals surface area contributed by atoms with Crippen molar-refractivity contribution >= 4 is 27.7 Å². The van der Waals surface area contributed by atoms with Crippen LogP contribution in [0.4, 0.5) is 0 Å². The van der Waals surface area contributed by atoms with Crippen LogP contribution >= 0.6 is 0 Å². The van der Waals surface area contributed by atoms with Crippen molar-refractivity contribution < 1.29 is 22.8 Å². The van der Waals surface area contributed by atoms with Gasteiger partial charge in [0.2, 0.25) is 21.8 Å². The summed E-state index contributed by atoms with van der Waals surface area (Å²) in [5, 5.41) is 7.70. The molecule has 1 aromatic carbocycles. The summed E-state index contributed by atoms with van der Waals surface area (Å²) in [4.78, 5) is 39.8. The smallest absolute Gasteiger partial charge is 0.251 e. The van der Waals surface area contributed by atoms with Gasteiger partial charge in [0.1, 0.15) is 0 Å². The Bertz CT molecular complexity index is 1030. The van der Waals surface area contributed by atoms with Gasteiger partial charge < -0.3 is 16.0 Å². The zero-order chi connectivity index (χ0) is 22.9. The fourth-order valence-electron chi connectivity index (χ4n) is 2.44. The first-order chi connectivity index (χ1) is 14.7. The Hall–Kier alpha value is -3.31. The van der Waals surface area contributed by atoms with Gasteiger partial charge in [-0.1, -0.05) is 6.07 Å². The fraction of sp³-hybridized carbons (Fsp3) is 0.300. The van der Waals surface area contributed by atoms with Gasteiger partial charge in [0.05, 0.1) is 11.4 Å². The highest BCUT2D eigenvalue weighted by atomic mass is 32.2. The Morgan fingerprint density at radius 2 is 1.68 bits per heavy atom. The number of hydrogen-bond donors (Lipinski definition) is 3. The molecule has 0 aliphatic carbocycles. The number of amides is 3. The van der Waals surface area contributed by atoms with Crippen molar-refractivity contribution in [3.8, 4) is 0 Å². The number of carbonyl (C=O) groups is 3. The predicted molar refractivity (Wildman–Crippen MR) is 113 cm³/mol. The zero-order valence-corrected chi connectivity index (χ0v) is 18.1. The molecule has 2 rings (SSSR count). The molecule has 0 unspecified atom stereocenters. The van der Waals surface area contributed by atoms with Crippen LogP contribution in [-0.2, 0) is 26.2 Å². The Balaban J connectivity index is 1.73. The lowest BCUT2D eigenvalue weighted by atomic mass is 10.2. The SMILES string of the molecule is CN(C)S(=O)(=O)c1cccc(C(=O)NCC(=O)NCCC(=O)NCc2ccncc2)c1. The molecule has 0 aliphatic heterocycles. The zero-order valence-electron chi connectivity index (χ0n) is 17.3. The van der Waals surface area contributed by atoms with Crippen molar-refractivity contribution in [2.45, 2.75) is 17.9 Å². The van der Waals surface area contributed by atoms with Crippen LogP contribution < -0.4 is 16.0 Å². The van der Waals surface area contributed by atoms with E-state index < -0.39 is 21.8 Å². The largest absolute Gasteiger partial charge is 0.354 e. The van der Waals surface area contributed by atoms with E-state index in [1.807, 2.05) is 0 Å². The molecule has 10 nitrogen and oxygen atoms in total. The lowest BCUT2D eigenvalue weighted by Gasteiger charge is -2.12. The third-order valence-corrected chi connectivity index (χ3v) is 6.01. The first kappa shape index (κ1) is 24.0. The van der Waals surface area contributed by atoms with E-state index in [1.54, 1.807) is 24.5 Å². The maximum Gasteiger partial charge on any atom is 0.251 e. The summed E-state index contributed by atoms with van der Waals surface area (Å²) in [5.74, 6) is -1.27. The molecule has 11 heteroatoms. The van der Waals surface area contributed by atoms with Crippen molar-refractivity contribution in [3.05, 3.63) is 59.9 Å². The van der Waals surface area contributed by atoms with Crippen LogP contribution in [0.15, 0.2) is 53.7 Å². The molecule has 166 valence electrons. The van der Waals surface area contributed by atoms with Gasteiger partial charge in [-0.3, -0.25) is 19.4 Å². The molecule has 0 atom stereocenters. The summed E-state index contributed by atoms with van der Waals surface area (Å²) >= 11 is 0. The Labute approximate surface area is 181 Å². The molecule has 3 N–H and O–H groups in total. The normalized spacial score (nSPS) is 11.1. The summed E-state index contributed by atoms with van der Waals surface area (Å²) in [6.07, 6.45) is 3.36. The third-order valence-electron chi connectivity index (χ3n) is 4.20. The van der Waals surface area contributed by atoms with E-state index in [0.29, 0.717) is 6.54 Å². The minimum absolute atomic E-state index is 0.0209. The van der Waals surface area contributed by atoms with Gasteiger partial charge in [-0.25, -0.2) is 12.7 Å². The van der Waals surface area contributed by atoms with Gasteiger partial charge in [0.25, 0.3) is 5.91 Å². The number of rotatable bonds is 10. The van der Waals surface area contributed by atoms with Crippen LogP contribution in [0.1, 0.15) is 22.3 Å². The first-order valence-corrected chi connectivity index (χ1v) is 10.9. The molecule has 0 radical (unpaired) electrons. The summed E-state index contributed by atoms with van der Waals surface area (Å²) in [6.45, 7) is 0.184. The molecule has 0 fully saturated rings. The van der Waals surface area contributed by atoms with Crippen LogP contribution in [0.2, 0.25) is 0 Å². The van der Waals surface area contributed by atoms with Crippen molar-refractivity contribution in [2.24, 2.45) is 0 Å². The fourth-order valence-corrected chi connectivity index (χ4v) is 3.39. The van der Waals surface area contributed by atoms with Crippen molar-refractivity contribution in [3.63, 3.8) is 0 Å². The number of nitrogens with one attached hydrogen (secondary N) is 3. The highest BCUT2D eigenvalue weighted by Gasteiger charge is 2.19. The van der Waals surface area contributed by atoms with E-state index in [4.69, 9.17) is 0 Å². The molecule has 0 saturated heterocycles. The minimum Gasteiger partial charge on any atom is -0.354 e. The summed E-state index contributed by atoms with van der Waals surface area (Å²) in [7, 11) is -0.885. The van der Waals surface area contributed by atoms with E-state index >= 15 is 0 Å². The van der Waals surface area contributed by atoms with E-state index in [9.17, 15) is 22.8 Å². The van der Waals surface area contributed by atoms with E-state index in [0.717, 1.165) is 9.87 Å². The molecule has 2 aromatic rings. The number of nitrogens with zero attached hydrogens (tertiary/aromatic N) is 2. The summed E-state index contributed by atoms with van der Waals surface area (Å²) in [5.41, 5.74) is 1.03. The van der Waals surface area contributed by atoms with Crippen LogP contribution in [-0.4, -0.2) is 62.6 Å². The average molecular weight is 448 g/mol. The second kappa shape index (κ2) is 11.2. The monoisotopic (exact) mass is 447 g/mol.